The van der Waals surface area contributed by atoms with E-state index in [0.29, 0.717) is 38.5 Å². The molecule has 1 atom stereocenters. The van der Waals surface area contributed by atoms with Crippen molar-refractivity contribution in [1.82, 2.24) is 44.5 Å². The van der Waals surface area contributed by atoms with Crippen LogP contribution in [0.3, 0.4) is 0 Å². The van der Waals surface area contributed by atoms with Crippen molar-refractivity contribution in [3.8, 4) is 22.6 Å². The Labute approximate surface area is 259 Å². The van der Waals surface area contributed by atoms with E-state index in [-0.39, 0.29) is 11.8 Å². The first-order chi connectivity index (χ1) is 21.8. The number of likely N-dealkylation sites (tertiary alicyclic amines) is 1. The maximum Gasteiger partial charge on any atom is 0.237 e. The predicted molar refractivity (Wildman–Crippen MR) is 170 cm³/mol. The Balaban J connectivity index is 0.874. The molecule has 228 valence electrons. The Hall–Kier alpha value is -5.10. The third kappa shape index (κ3) is 4.81. The highest BCUT2D eigenvalue weighted by Crippen LogP contribution is 2.44. The number of nitrogens with one attached hydrogen (secondary N) is 1. The molecular formula is C33H34N10O2. The number of amides is 2. The number of aryl methyl sites for hydroxylation is 2. The SMILES string of the molecule is Cn1cc(-c2n[nH]c3ccc(N4CC5(CCN(CC(=O)N6CC=C(c7ccc(-c8ncn(C)n8)cc7)CC6)C5)C4=O)cc23)cn1. The van der Waals surface area contributed by atoms with Crippen LogP contribution in [0, 0.1) is 5.41 Å². The fourth-order valence-corrected chi connectivity index (χ4v) is 6.93. The van der Waals surface area contributed by atoms with Gasteiger partial charge >= 0.3 is 0 Å². The topological polar surface area (TPSA) is 121 Å². The minimum absolute atomic E-state index is 0.121. The molecule has 2 aromatic carbocycles. The van der Waals surface area contributed by atoms with Crippen molar-refractivity contribution >= 4 is 34.0 Å². The van der Waals surface area contributed by atoms with Crippen LogP contribution < -0.4 is 4.90 Å². The Morgan fingerprint density at radius 2 is 1.84 bits per heavy atom. The maximum atomic E-state index is 13.6. The second-order valence-corrected chi connectivity index (χ2v) is 12.5. The van der Waals surface area contributed by atoms with Crippen LogP contribution in [0.15, 0.2) is 67.3 Å². The Kier molecular flexibility index (Phi) is 6.41. The standard InChI is InChI=1S/C33H34N10O2/c1-39-17-25(16-35-39)30-27-15-26(7-8-28(27)36-37-30)43-20-33(32(43)45)11-14-41(19-33)18-29(44)42-12-9-23(10-13-42)22-3-5-24(6-4-22)31-34-21-40(2)38-31/h3-9,15-17,21H,10-14,18-20H2,1-2H3,(H,36,37). The summed E-state index contributed by atoms with van der Waals surface area (Å²) in [5.41, 5.74) is 6.53. The molecule has 2 amide bonds. The van der Waals surface area contributed by atoms with E-state index in [1.165, 1.54) is 5.57 Å². The Bertz CT molecular complexity index is 1970. The predicted octanol–water partition coefficient (Wildman–Crippen LogP) is 3.11. The highest BCUT2D eigenvalue weighted by atomic mass is 16.2. The van der Waals surface area contributed by atoms with Crippen molar-refractivity contribution in [1.29, 1.82) is 0 Å². The number of β-lactam (4-membered cyclic amide) rings is 1. The normalized spacial score (nSPS) is 20.3. The number of anilines is 1. The molecule has 8 rings (SSSR count). The average Bonchev–Trinajstić information content (AvgIpc) is 3.87. The quantitative estimate of drug-likeness (QED) is 0.297. The lowest BCUT2D eigenvalue weighted by atomic mass is 9.77. The van der Waals surface area contributed by atoms with E-state index in [9.17, 15) is 9.59 Å². The molecule has 12 nitrogen and oxygen atoms in total. The van der Waals surface area contributed by atoms with Crippen molar-refractivity contribution in [2.24, 2.45) is 19.5 Å². The molecule has 1 unspecified atom stereocenters. The number of nitrogens with zero attached hydrogens (tertiary/aromatic N) is 9. The lowest BCUT2D eigenvalue weighted by Crippen LogP contribution is -2.63. The first kappa shape index (κ1) is 27.4. The molecule has 0 bridgehead atoms. The number of benzene rings is 2. The molecule has 45 heavy (non-hydrogen) atoms. The van der Waals surface area contributed by atoms with Crippen LogP contribution in [0.2, 0.25) is 0 Å². The van der Waals surface area contributed by atoms with E-state index < -0.39 is 5.41 Å². The van der Waals surface area contributed by atoms with E-state index >= 15 is 0 Å². The number of aromatic amines is 1. The molecule has 12 heteroatoms. The minimum atomic E-state index is -0.413. The summed E-state index contributed by atoms with van der Waals surface area (Å²) < 4.78 is 3.45. The molecule has 2 fully saturated rings. The lowest BCUT2D eigenvalue weighted by molar-refractivity contribution is -0.136. The number of fused-ring (bicyclic) bond motifs is 1. The van der Waals surface area contributed by atoms with Crippen LogP contribution in [0.5, 0.6) is 0 Å². The molecule has 2 saturated heterocycles. The van der Waals surface area contributed by atoms with Crippen molar-refractivity contribution in [3.63, 3.8) is 0 Å². The van der Waals surface area contributed by atoms with Crippen molar-refractivity contribution < 1.29 is 9.59 Å². The van der Waals surface area contributed by atoms with Gasteiger partial charge in [-0.1, -0.05) is 30.3 Å². The summed E-state index contributed by atoms with van der Waals surface area (Å²) in [6, 6.07) is 14.3. The van der Waals surface area contributed by atoms with Gasteiger partial charge in [0.15, 0.2) is 5.82 Å². The van der Waals surface area contributed by atoms with Gasteiger partial charge < -0.3 is 9.80 Å². The fraction of sp³-hybridized carbons (Fsp3) is 0.333. The van der Waals surface area contributed by atoms with Crippen molar-refractivity contribution in [2.45, 2.75) is 12.8 Å². The number of carbonyl (C=O) groups is 2. The van der Waals surface area contributed by atoms with Gasteiger partial charge in [-0.2, -0.15) is 15.3 Å². The number of hydrogen-bond donors (Lipinski definition) is 1. The largest absolute Gasteiger partial charge is 0.338 e. The van der Waals surface area contributed by atoms with Crippen LogP contribution in [0.25, 0.3) is 39.1 Å². The van der Waals surface area contributed by atoms with E-state index in [1.807, 2.05) is 60.4 Å². The average molecular weight is 603 g/mol. The third-order valence-corrected chi connectivity index (χ3v) is 9.46. The summed E-state index contributed by atoms with van der Waals surface area (Å²) in [5, 5.41) is 17.2. The van der Waals surface area contributed by atoms with Crippen molar-refractivity contribution in [2.75, 3.05) is 44.2 Å². The first-order valence-electron chi connectivity index (χ1n) is 15.3. The van der Waals surface area contributed by atoms with Gasteiger partial charge in [0.25, 0.3) is 0 Å². The maximum absolute atomic E-state index is 13.6. The van der Waals surface area contributed by atoms with Crippen LogP contribution in [0.4, 0.5) is 5.69 Å². The van der Waals surface area contributed by atoms with E-state index in [2.05, 4.69) is 48.5 Å². The lowest BCUT2D eigenvalue weighted by Gasteiger charge is -2.46. The van der Waals surface area contributed by atoms with Crippen molar-refractivity contribution in [3.05, 3.63) is 72.8 Å². The molecule has 1 spiro atoms. The van der Waals surface area contributed by atoms with Gasteiger partial charge in [-0.15, -0.1) is 0 Å². The minimum Gasteiger partial charge on any atom is -0.338 e. The monoisotopic (exact) mass is 602 g/mol. The zero-order valence-electron chi connectivity index (χ0n) is 25.3. The van der Waals surface area contributed by atoms with Gasteiger partial charge in [0.05, 0.1) is 23.7 Å². The summed E-state index contributed by atoms with van der Waals surface area (Å²) in [5.74, 6) is 0.971. The molecule has 0 radical (unpaired) electrons. The summed E-state index contributed by atoms with van der Waals surface area (Å²) in [4.78, 5) is 37.1. The highest BCUT2D eigenvalue weighted by molar-refractivity contribution is 6.07. The van der Waals surface area contributed by atoms with Gasteiger partial charge in [0.2, 0.25) is 11.8 Å². The van der Waals surface area contributed by atoms with Gasteiger partial charge in [-0.25, -0.2) is 4.98 Å². The van der Waals surface area contributed by atoms with E-state index in [4.69, 9.17) is 0 Å². The zero-order chi connectivity index (χ0) is 30.7. The van der Waals surface area contributed by atoms with Gasteiger partial charge in [-0.05, 0) is 48.7 Å². The second kappa shape index (κ2) is 10.5. The zero-order valence-corrected chi connectivity index (χ0v) is 25.3. The molecule has 0 saturated carbocycles. The molecule has 3 aliphatic rings. The summed E-state index contributed by atoms with van der Waals surface area (Å²) in [6.45, 7) is 3.67. The molecule has 0 aliphatic carbocycles. The molecule has 5 aromatic rings. The fourth-order valence-electron chi connectivity index (χ4n) is 6.93. The van der Waals surface area contributed by atoms with Gasteiger partial charge in [0.1, 0.15) is 12.0 Å². The second-order valence-electron chi connectivity index (χ2n) is 12.5. The van der Waals surface area contributed by atoms with E-state index in [0.717, 1.165) is 58.4 Å². The van der Waals surface area contributed by atoms with E-state index in [1.54, 1.807) is 21.9 Å². The molecule has 3 aliphatic heterocycles. The molecule has 1 N–H and O–H groups in total. The van der Waals surface area contributed by atoms with Crippen LogP contribution >= 0.6 is 0 Å². The molecular weight excluding hydrogens is 568 g/mol. The highest BCUT2D eigenvalue weighted by Gasteiger charge is 2.56. The number of carbonyl (C=O) groups excluding carboxylic acids is 2. The van der Waals surface area contributed by atoms with Gasteiger partial charge in [-0.3, -0.25) is 29.0 Å². The first-order valence-corrected chi connectivity index (χ1v) is 15.3. The molecule has 6 heterocycles. The van der Waals surface area contributed by atoms with Gasteiger partial charge in [0, 0.05) is 68.7 Å². The summed E-state index contributed by atoms with van der Waals surface area (Å²) in [7, 11) is 3.74. The third-order valence-electron chi connectivity index (χ3n) is 9.46. The molecule has 3 aromatic heterocycles. The van der Waals surface area contributed by atoms with Crippen LogP contribution in [0.1, 0.15) is 18.4 Å². The smallest absolute Gasteiger partial charge is 0.237 e. The summed E-state index contributed by atoms with van der Waals surface area (Å²) in [6.07, 6.45) is 9.17. The Morgan fingerprint density at radius 1 is 1.00 bits per heavy atom. The summed E-state index contributed by atoms with van der Waals surface area (Å²) >= 11 is 0. The number of aromatic nitrogens is 7. The van der Waals surface area contributed by atoms with Crippen LogP contribution in [-0.4, -0.2) is 95.6 Å². The van der Waals surface area contributed by atoms with Crippen LogP contribution in [-0.2, 0) is 23.7 Å². The Morgan fingerprint density at radius 3 is 2.56 bits per heavy atom. The number of H-pyrrole nitrogens is 1. The number of hydrogen-bond acceptors (Lipinski definition) is 7. The number of rotatable bonds is 6.